The lowest BCUT2D eigenvalue weighted by Gasteiger charge is -2.33. The normalized spacial score (nSPS) is 19.1. The van der Waals surface area contributed by atoms with Gasteiger partial charge in [-0.3, -0.25) is 0 Å². The van der Waals surface area contributed by atoms with E-state index in [1.165, 1.54) is 0 Å². The van der Waals surface area contributed by atoms with Gasteiger partial charge in [-0.2, -0.15) is 4.98 Å². The van der Waals surface area contributed by atoms with Crippen molar-refractivity contribution in [1.82, 2.24) is 4.98 Å². The van der Waals surface area contributed by atoms with Crippen LogP contribution in [0.25, 0.3) is 0 Å². The zero-order valence-electron chi connectivity index (χ0n) is 19.7. The maximum absolute atomic E-state index is 9.08. The van der Waals surface area contributed by atoms with Gasteiger partial charge >= 0.3 is 0 Å². The fourth-order valence-corrected chi connectivity index (χ4v) is 2.58. The summed E-state index contributed by atoms with van der Waals surface area (Å²) in [5.74, 6) is 1.87. The molecule has 1 heterocycles. The van der Waals surface area contributed by atoms with Crippen LogP contribution >= 0.6 is 0 Å². The monoisotopic (exact) mass is 399 g/mol. The molecule has 166 valence electrons. The third kappa shape index (κ3) is 12.2. The van der Waals surface area contributed by atoms with Gasteiger partial charge in [0.05, 0.1) is 12.7 Å². The highest BCUT2D eigenvalue weighted by Crippen LogP contribution is 2.27. The van der Waals surface area contributed by atoms with Crippen molar-refractivity contribution in [2.24, 2.45) is 11.8 Å². The topological polar surface area (TPSA) is 60.8 Å². The highest BCUT2D eigenvalue weighted by Gasteiger charge is 2.31. The first-order valence-electron chi connectivity index (χ1n) is 11.0. The molecule has 0 radical (unpaired) electrons. The van der Waals surface area contributed by atoms with E-state index in [9.17, 15) is 0 Å². The number of rotatable bonds is 9. The molecule has 2 rings (SSSR count). The largest absolute Gasteiger partial charge is 0.477 e. The summed E-state index contributed by atoms with van der Waals surface area (Å²) in [5.41, 5.74) is 0. The molecule has 2 atom stereocenters. The van der Waals surface area contributed by atoms with Gasteiger partial charge < -0.3 is 19.3 Å². The standard InChI is InChI=1S/C17H27NO4.3C2H6/c1-12(10-19)7-13(2)11-21-16-5-4-6-17(18-16)22-15-8-14(9-15)20-3;3*1-2/h4-6,12-15,19H,7-11H2,1-3H3;3*1-2H3. The van der Waals surface area contributed by atoms with Crippen LogP contribution in [0.4, 0.5) is 0 Å². The Kier molecular flexibility index (Phi) is 19.6. The number of ether oxygens (including phenoxy) is 3. The minimum atomic E-state index is 0.192. The van der Waals surface area contributed by atoms with Gasteiger partial charge in [0.25, 0.3) is 0 Å². The summed E-state index contributed by atoms with van der Waals surface area (Å²) in [6, 6.07) is 5.59. The summed E-state index contributed by atoms with van der Waals surface area (Å²) in [6.07, 6.45) is 3.28. The van der Waals surface area contributed by atoms with Crippen molar-refractivity contribution >= 4 is 0 Å². The molecule has 0 spiro atoms. The average molecular weight is 400 g/mol. The summed E-state index contributed by atoms with van der Waals surface area (Å²) >= 11 is 0. The third-order valence-corrected chi connectivity index (χ3v) is 4.00. The Labute approximate surface area is 173 Å². The zero-order valence-corrected chi connectivity index (χ0v) is 19.7. The molecule has 1 N–H and O–H groups in total. The van der Waals surface area contributed by atoms with Gasteiger partial charge in [0.15, 0.2) is 0 Å². The Morgan fingerprint density at radius 2 is 1.54 bits per heavy atom. The van der Waals surface area contributed by atoms with Crippen molar-refractivity contribution in [2.75, 3.05) is 20.3 Å². The summed E-state index contributed by atoms with van der Waals surface area (Å²) in [6.45, 7) is 17.0. The molecule has 1 aliphatic rings. The second-order valence-electron chi connectivity index (χ2n) is 6.32. The van der Waals surface area contributed by atoms with E-state index in [0.29, 0.717) is 36.3 Å². The van der Waals surface area contributed by atoms with Gasteiger partial charge in [-0.1, -0.05) is 61.5 Å². The predicted molar refractivity (Wildman–Crippen MR) is 118 cm³/mol. The van der Waals surface area contributed by atoms with Crippen LogP contribution in [0.15, 0.2) is 18.2 Å². The highest BCUT2D eigenvalue weighted by molar-refractivity contribution is 5.20. The minimum absolute atomic E-state index is 0.192. The van der Waals surface area contributed by atoms with E-state index in [0.717, 1.165) is 19.3 Å². The molecule has 1 saturated carbocycles. The van der Waals surface area contributed by atoms with Crippen LogP contribution in [0.1, 0.15) is 74.7 Å². The van der Waals surface area contributed by atoms with Crippen LogP contribution in [0.5, 0.6) is 11.8 Å². The van der Waals surface area contributed by atoms with E-state index in [4.69, 9.17) is 19.3 Å². The Morgan fingerprint density at radius 1 is 0.964 bits per heavy atom. The van der Waals surface area contributed by atoms with Crippen molar-refractivity contribution in [3.63, 3.8) is 0 Å². The van der Waals surface area contributed by atoms with Crippen LogP contribution in [0, 0.1) is 11.8 Å². The van der Waals surface area contributed by atoms with Gasteiger partial charge in [-0.25, -0.2) is 0 Å². The SMILES string of the molecule is CC.CC.CC.COC1CC(Oc2cccc(OCC(C)CC(C)CO)n2)C1. The first-order chi connectivity index (χ1) is 13.6. The Balaban J connectivity index is 0. The molecule has 1 aromatic heterocycles. The maximum Gasteiger partial charge on any atom is 0.216 e. The number of hydrogen-bond donors (Lipinski definition) is 1. The van der Waals surface area contributed by atoms with E-state index < -0.39 is 0 Å². The van der Waals surface area contributed by atoms with Gasteiger partial charge in [0, 0.05) is 38.7 Å². The van der Waals surface area contributed by atoms with Crippen molar-refractivity contribution in [3.05, 3.63) is 18.2 Å². The van der Waals surface area contributed by atoms with E-state index in [2.05, 4.69) is 11.9 Å². The lowest BCUT2D eigenvalue weighted by molar-refractivity contribution is -0.0398. The van der Waals surface area contributed by atoms with E-state index >= 15 is 0 Å². The number of methoxy groups -OCH3 is 1. The lowest BCUT2D eigenvalue weighted by atomic mass is 9.92. The van der Waals surface area contributed by atoms with Gasteiger partial charge in [-0.05, 0) is 18.3 Å². The van der Waals surface area contributed by atoms with E-state index in [1.807, 2.05) is 66.7 Å². The van der Waals surface area contributed by atoms with Crippen molar-refractivity contribution < 1.29 is 19.3 Å². The van der Waals surface area contributed by atoms with Crippen molar-refractivity contribution in [1.29, 1.82) is 0 Å². The summed E-state index contributed by atoms with van der Waals surface area (Å²) in [7, 11) is 1.73. The third-order valence-electron chi connectivity index (χ3n) is 4.00. The molecule has 1 aliphatic carbocycles. The van der Waals surface area contributed by atoms with Gasteiger partial charge in [-0.15, -0.1) is 0 Å². The molecule has 2 unspecified atom stereocenters. The average Bonchev–Trinajstić information content (AvgIpc) is 2.73. The first kappa shape index (κ1) is 28.9. The van der Waals surface area contributed by atoms with Crippen LogP contribution in [0.2, 0.25) is 0 Å². The molecule has 0 aliphatic heterocycles. The number of aromatic nitrogens is 1. The summed E-state index contributed by atoms with van der Waals surface area (Å²) in [5, 5.41) is 9.08. The maximum atomic E-state index is 9.08. The Bertz CT molecular complexity index is 450. The molecule has 1 aromatic rings. The number of aliphatic hydroxyl groups is 1. The molecule has 0 bridgehead atoms. The Morgan fingerprint density at radius 3 is 2.07 bits per heavy atom. The van der Waals surface area contributed by atoms with Crippen LogP contribution in [0.3, 0.4) is 0 Å². The predicted octanol–water partition coefficient (Wildman–Crippen LogP) is 5.75. The molecule has 0 saturated heterocycles. The molecule has 0 aromatic carbocycles. The first-order valence-corrected chi connectivity index (χ1v) is 11.0. The smallest absolute Gasteiger partial charge is 0.216 e. The molecule has 5 heteroatoms. The minimum Gasteiger partial charge on any atom is -0.477 e. The molecule has 0 amide bonds. The van der Waals surface area contributed by atoms with E-state index in [-0.39, 0.29) is 12.7 Å². The molecule has 28 heavy (non-hydrogen) atoms. The number of nitrogens with zero attached hydrogens (tertiary/aromatic N) is 1. The van der Waals surface area contributed by atoms with Crippen LogP contribution in [-0.4, -0.2) is 42.6 Å². The number of hydrogen-bond acceptors (Lipinski definition) is 5. The van der Waals surface area contributed by atoms with Gasteiger partial charge in [0.1, 0.15) is 6.10 Å². The second-order valence-corrected chi connectivity index (χ2v) is 6.32. The molecule has 5 nitrogen and oxygen atoms in total. The summed E-state index contributed by atoms with van der Waals surface area (Å²) in [4.78, 5) is 4.38. The quantitative estimate of drug-likeness (QED) is 0.573. The lowest BCUT2D eigenvalue weighted by Crippen LogP contribution is -2.39. The molecular formula is C23H45NO4. The second kappa shape index (κ2) is 19.0. The van der Waals surface area contributed by atoms with Crippen molar-refractivity contribution in [3.8, 4) is 11.8 Å². The van der Waals surface area contributed by atoms with Crippen LogP contribution < -0.4 is 9.47 Å². The Hall–Kier alpha value is -1.33. The highest BCUT2D eigenvalue weighted by atomic mass is 16.5. The number of aliphatic hydroxyl groups excluding tert-OH is 1. The van der Waals surface area contributed by atoms with Crippen LogP contribution in [-0.2, 0) is 4.74 Å². The zero-order chi connectivity index (χ0) is 21.9. The van der Waals surface area contributed by atoms with E-state index in [1.54, 1.807) is 7.11 Å². The fourth-order valence-electron chi connectivity index (χ4n) is 2.58. The van der Waals surface area contributed by atoms with Crippen molar-refractivity contribution in [2.45, 2.75) is 86.9 Å². The van der Waals surface area contributed by atoms with Gasteiger partial charge in [0.2, 0.25) is 11.8 Å². The number of pyridine rings is 1. The molecule has 1 fully saturated rings. The fraction of sp³-hybridized carbons (Fsp3) is 0.783. The summed E-state index contributed by atoms with van der Waals surface area (Å²) < 4.78 is 16.8. The molecular weight excluding hydrogens is 354 g/mol.